The molecule has 35 heavy (non-hydrogen) atoms. The normalized spacial score (nSPS) is 21.3. The van der Waals surface area contributed by atoms with E-state index in [0.29, 0.717) is 61.6 Å². The van der Waals surface area contributed by atoms with Gasteiger partial charge in [-0.05, 0) is 35.9 Å². The highest BCUT2D eigenvalue weighted by atomic mass is 79.9. The molecule has 0 aliphatic carbocycles. The van der Waals surface area contributed by atoms with Crippen LogP contribution >= 0.6 is 15.9 Å². The van der Waals surface area contributed by atoms with Gasteiger partial charge in [-0.15, -0.1) is 0 Å². The second-order valence-corrected chi connectivity index (χ2v) is 12.1. The second kappa shape index (κ2) is 9.53. The van der Waals surface area contributed by atoms with E-state index in [1.54, 1.807) is 41.3 Å². The zero-order chi connectivity index (χ0) is 24.6. The standard InChI is InChI=1S/C24H26BrN3O6S/c25-18-3-1-2-16(12-18)14-35(31,32)15-21-22(29)27-20-13-17(4-5-19(20)26-21)23(30)28-8-6-24(7-9-28)33-10-11-34-24/h1-5,12-13,21,26H,6-11,14-15H2,(H,27,29)/t21-/m1/s1. The maximum atomic E-state index is 13.0. The van der Waals surface area contributed by atoms with E-state index in [-0.39, 0.29) is 17.4 Å². The molecule has 0 saturated carbocycles. The van der Waals surface area contributed by atoms with Gasteiger partial charge in [0.1, 0.15) is 6.04 Å². The van der Waals surface area contributed by atoms with Gasteiger partial charge in [-0.2, -0.15) is 0 Å². The molecule has 2 N–H and O–H groups in total. The summed E-state index contributed by atoms with van der Waals surface area (Å²) in [6.07, 6.45) is 1.25. The first kappa shape index (κ1) is 24.2. The predicted molar refractivity (Wildman–Crippen MR) is 134 cm³/mol. The lowest BCUT2D eigenvalue weighted by Crippen LogP contribution is -2.47. The lowest BCUT2D eigenvalue weighted by atomic mass is 10.0. The van der Waals surface area contributed by atoms with E-state index in [4.69, 9.17) is 9.47 Å². The minimum Gasteiger partial charge on any atom is -0.371 e. The summed E-state index contributed by atoms with van der Waals surface area (Å²) in [6.45, 7) is 2.21. The fourth-order valence-electron chi connectivity index (χ4n) is 4.71. The van der Waals surface area contributed by atoms with Crippen molar-refractivity contribution in [1.29, 1.82) is 0 Å². The monoisotopic (exact) mass is 563 g/mol. The molecular formula is C24H26BrN3O6S. The highest BCUT2D eigenvalue weighted by molar-refractivity contribution is 9.10. The summed E-state index contributed by atoms with van der Waals surface area (Å²) < 4.78 is 37.7. The van der Waals surface area contributed by atoms with E-state index in [0.717, 1.165) is 4.47 Å². The molecule has 2 fully saturated rings. The van der Waals surface area contributed by atoms with Crippen LogP contribution in [0.15, 0.2) is 46.9 Å². The minimum absolute atomic E-state index is 0.131. The Balaban J connectivity index is 1.23. The van der Waals surface area contributed by atoms with Crippen LogP contribution in [0.3, 0.4) is 0 Å². The minimum atomic E-state index is -3.56. The SMILES string of the molecule is O=C1Nc2cc(C(=O)N3CCC4(CC3)OCCO4)ccc2N[C@@H]1CS(=O)(=O)Cc1cccc(Br)c1. The molecule has 3 aliphatic rings. The Labute approximate surface area is 212 Å². The van der Waals surface area contributed by atoms with Crippen molar-refractivity contribution in [3.63, 3.8) is 0 Å². The van der Waals surface area contributed by atoms with Gasteiger partial charge in [0, 0.05) is 36.0 Å². The number of nitrogens with zero attached hydrogens (tertiary/aromatic N) is 1. The van der Waals surface area contributed by atoms with Crippen LogP contribution in [0.1, 0.15) is 28.8 Å². The van der Waals surface area contributed by atoms with Crippen LogP contribution < -0.4 is 10.6 Å². The number of halogens is 1. The topological polar surface area (TPSA) is 114 Å². The number of rotatable bonds is 5. The lowest BCUT2D eigenvalue weighted by molar-refractivity contribution is -0.181. The van der Waals surface area contributed by atoms with Gasteiger partial charge in [-0.3, -0.25) is 9.59 Å². The largest absolute Gasteiger partial charge is 0.371 e. The highest BCUT2D eigenvalue weighted by Gasteiger charge is 2.41. The number of piperidine rings is 1. The van der Waals surface area contributed by atoms with Crippen LogP contribution in [0, 0.1) is 0 Å². The van der Waals surface area contributed by atoms with Crippen molar-refractivity contribution >= 4 is 49.0 Å². The Kier molecular flexibility index (Phi) is 6.60. The first-order chi connectivity index (χ1) is 16.7. The molecule has 11 heteroatoms. The van der Waals surface area contributed by atoms with E-state index in [9.17, 15) is 18.0 Å². The molecule has 3 aliphatic heterocycles. The fourth-order valence-corrected chi connectivity index (χ4v) is 6.70. The number of fused-ring (bicyclic) bond motifs is 1. The van der Waals surface area contributed by atoms with Gasteiger partial charge in [-0.25, -0.2) is 8.42 Å². The second-order valence-electron chi connectivity index (χ2n) is 9.03. The summed E-state index contributed by atoms with van der Waals surface area (Å²) in [5.41, 5.74) is 2.14. The summed E-state index contributed by atoms with van der Waals surface area (Å²) in [5.74, 6) is -1.64. The van der Waals surface area contributed by atoms with Gasteiger partial charge in [0.05, 0.1) is 36.1 Å². The van der Waals surface area contributed by atoms with Crippen molar-refractivity contribution in [2.24, 2.45) is 0 Å². The molecule has 186 valence electrons. The van der Waals surface area contributed by atoms with E-state index < -0.39 is 27.6 Å². The maximum Gasteiger partial charge on any atom is 0.253 e. The number of benzene rings is 2. The van der Waals surface area contributed by atoms with Gasteiger partial charge in [0.15, 0.2) is 15.6 Å². The van der Waals surface area contributed by atoms with Crippen molar-refractivity contribution in [2.75, 3.05) is 42.7 Å². The molecule has 1 spiro atoms. The van der Waals surface area contributed by atoms with Crippen molar-refractivity contribution < 1.29 is 27.5 Å². The molecule has 0 bridgehead atoms. The smallest absolute Gasteiger partial charge is 0.253 e. The molecule has 1 atom stereocenters. The van der Waals surface area contributed by atoms with Crippen molar-refractivity contribution in [3.05, 3.63) is 58.1 Å². The number of sulfone groups is 1. The Bertz CT molecular complexity index is 1250. The molecule has 0 aromatic heterocycles. The molecule has 3 heterocycles. The molecule has 0 unspecified atom stereocenters. The average molecular weight is 564 g/mol. The molecule has 2 amide bonds. The summed E-state index contributed by atoms with van der Waals surface area (Å²) in [6, 6.07) is 11.2. The summed E-state index contributed by atoms with van der Waals surface area (Å²) in [7, 11) is -3.56. The van der Waals surface area contributed by atoms with Crippen LogP contribution in [0.5, 0.6) is 0 Å². The molecule has 2 aromatic carbocycles. The maximum absolute atomic E-state index is 13.0. The summed E-state index contributed by atoms with van der Waals surface area (Å²) >= 11 is 3.34. The number of hydrogen-bond acceptors (Lipinski definition) is 7. The molecule has 2 saturated heterocycles. The van der Waals surface area contributed by atoms with Gasteiger partial charge < -0.3 is 25.0 Å². The molecule has 0 radical (unpaired) electrons. The number of likely N-dealkylation sites (tertiary alicyclic amines) is 1. The number of hydrogen-bond donors (Lipinski definition) is 2. The van der Waals surface area contributed by atoms with Crippen molar-refractivity contribution in [2.45, 2.75) is 30.4 Å². The molecule has 2 aromatic rings. The van der Waals surface area contributed by atoms with E-state index in [2.05, 4.69) is 26.6 Å². The Morgan fingerprint density at radius 3 is 2.54 bits per heavy atom. The van der Waals surface area contributed by atoms with Crippen LogP contribution in [-0.4, -0.2) is 69.0 Å². The van der Waals surface area contributed by atoms with Crippen LogP contribution in [0.25, 0.3) is 0 Å². The van der Waals surface area contributed by atoms with Gasteiger partial charge in [0.2, 0.25) is 5.91 Å². The van der Waals surface area contributed by atoms with E-state index >= 15 is 0 Å². The number of carbonyl (C=O) groups is 2. The zero-order valence-corrected chi connectivity index (χ0v) is 21.4. The Morgan fingerprint density at radius 1 is 1.09 bits per heavy atom. The first-order valence-electron chi connectivity index (χ1n) is 11.5. The number of ether oxygens (including phenoxy) is 2. The third-order valence-corrected chi connectivity index (χ3v) is 8.60. The summed E-state index contributed by atoms with van der Waals surface area (Å²) in [5, 5.41) is 5.78. The van der Waals surface area contributed by atoms with Gasteiger partial charge in [0.25, 0.3) is 5.91 Å². The van der Waals surface area contributed by atoms with Crippen molar-refractivity contribution in [3.8, 4) is 0 Å². The Morgan fingerprint density at radius 2 is 1.83 bits per heavy atom. The van der Waals surface area contributed by atoms with E-state index in [1.807, 2.05) is 6.07 Å². The number of anilines is 2. The van der Waals surface area contributed by atoms with Crippen LogP contribution in [0.2, 0.25) is 0 Å². The predicted octanol–water partition coefficient (Wildman–Crippen LogP) is 2.78. The third kappa shape index (κ3) is 5.37. The Hall–Kier alpha value is -2.47. The van der Waals surface area contributed by atoms with Crippen LogP contribution in [0.4, 0.5) is 11.4 Å². The third-order valence-electron chi connectivity index (χ3n) is 6.49. The number of amides is 2. The highest BCUT2D eigenvalue weighted by Crippen LogP contribution is 2.33. The van der Waals surface area contributed by atoms with Gasteiger partial charge in [-0.1, -0.05) is 28.1 Å². The molecule has 9 nitrogen and oxygen atoms in total. The first-order valence-corrected chi connectivity index (χ1v) is 14.1. The quantitative estimate of drug-likeness (QED) is 0.574. The van der Waals surface area contributed by atoms with Crippen molar-refractivity contribution in [1.82, 2.24) is 4.90 Å². The average Bonchev–Trinajstić information content (AvgIpc) is 3.26. The van der Waals surface area contributed by atoms with E-state index in [1.165, 1.54) is 0 Å². The molecule has 5 rings (SSSR count). The summed E-state index contributed by atoms with van der Waals surface area (Å²) in [4.78, 5) is 27.5. The molecular weight excluding hydrogens is 538 g/mol. The van der Waals surface area contributed by atoms with Crippen LogP contribution in [-0.2, 0) is 29.9 Å². The fraction of sp³-hybridized carbons (Fsp3) is 0.417. The lowest BCUT2D eigenvalue weighted by Gasteiger charge is -2.37. The zero-order valence-electron chi connectivity index (χ0n) is 19.0. The number of nitrogens with one attached hydrogen (secondary N) is 2. The number of carbonyl (C=O) groups excluding carboxylic acids is 2. The van der Waals surface area contributed by atoms with Gasteiger partial charge >= 0.3 is 0 Å².